The van der Waals surface area contributed by atoms with Crippen LogP contribution in [0, 0.1) is 0 Å². The lowest BCUT2D eigenvalue weighted by Crippen LogP contribution is -2.44. The molecule has 2 aromatic rings. The summed E-state index contributed by atoms with van der Waals surface area (Å²) in [6.07, 6.45) is 1.76. The summed E-state index contributed by atoms with van der Waals surface area (Å²) in [5.74, 6) is -1.16. The Morgan fingerprint density at radius 1 is 0.957 bits per heavy atom. The molecule has 5 nitrogen and oxygen atoms in total. The molecule has 0 amide bonds. The number of carbonyl (C=O) groups is 1. The zero-order valence-electron chi connectivity index (χ0n) is 12.8. The number of rotatable bonds is 4. The lowest BCUT2D eigenvalue weighted by molar-refractivity contribution is -0.255. The fraction of sp³-hybridized carbons (Fsp3) is 0.222. The van der Waals surface area contributed by atoms with E-state index in [1.165, 1.54) is 17.8 Å². The zero-order valence-corrected chi connectivity index (χ0v) is 12.8. The molecule has 0 bridgehead atoms. The van der Waals surface area contributed by atoms with E-state index >= 15 is 0 Å². The van der Waals surface area contributed by atoms with Crippen molar-refractivity contribution in [1.82, 2.24) is 5.01 Å². The average molecular weight is 308 g/mol. The van der Waals surface area contributed by atoms with Gasteiger partial charge in [-0.15, -0.1) is 0 Å². The van der Waals surface area contributed by atoms with Crippen molar-refractivity contribution < 1.29 is 9.90 Å². The van der Waals surface area contributed by atoms with Gasteiger partial charge in [-0.2, -0.15) is 5.10 Å². The highest BCUT2D eigenvalue weighted by molar-refractivity contribution is 5.87. The van der Waals surface area contributed by atoms with Crippen LogP contribution in [0.15, 0.2) is 59.7 Å². The lowest BCUT2D eigenvalue weighted by Gasteiger charge is -2.34. The van der Waals surface area contributed by atoms with Crippen molar-refractivity contribution in [3.63, 3.8) is 0 Å². The van der Waals surface area contributed by atoms with Crippen molar-refractivity contribution in [2.24, 2.45) is 5.10 Å². The van der Waals surface area contributed by atoms with Gasteiger partial charge in [0.25, 0.3) is 0 Å². The molecule has 0 spiro atoms. The highest BCUT2D eigenvalue weighted by Gasteiger charge is 2.15. The molecule has 1 fully saturated rings. The molecule has 0 N–H and O–H groups in total. The van der Waals surface area contributed by atoms with Gasteiger partial charge in [-0.05, 0) is 23.3 Å². The van der Waals surface area contributed by atoms with Crippen molar-refractivity contribution >= 4 is 17.9 Å². The molecule has 0 unspecified atom stereocenters. The number of nitrogens with zero attached hydrogens (tertiary/aromatic N) is 3. The van der Waals surface area contributed by atoms with Crippen LogP contribution in [-0.2, 0) is 0 Å². The minimum absolute atomic E-state index is 0.179. The number of benzene rings is 2. The Morgan fingerprint density at radius 3 is 2.22 bits per heavy atom. The van der Waals surface area contributed by atoms with E-state index in [1.807, 2.05) is 11.1 Å². The second-order valence-electron chi connectivity index (χ2n) is 5.43. The van der Waals surface area contributed by atoms with Gasteiger partial charge in [0.1, 0.15) is 0 Å². The quantitative estimate of drug-likeness (QED) is 0.797. The van der Waals surface area contributed by atoms with E-state index in [2.05, 4.69) is 34.3 Å². The molecule has 23 heavy (non-hydrogen) atoms. The summed E-state index contributed by atoms with van der Waals surface area (Å²) in [5, 5.41) is 17.2. The van der Waals surface area contributed by atoms with Gasteiger partial charge < -0.3 is 14.8 Å². The second kappa shape index (κ2) is 6.96. The maximum Gasteiger partial charge on any atom is 0.0715 e. The summed E-state index contributed by atoms with van der Waals surface area (Å²) in [4.78, 5) is 13.1. The van der Waals surface area contributed by atoms with Gasteiger partial charge in [0, 0.05) is 18.8 Å². The van der Waals surface area contributed by atoms with Crippen LogP contribution in [0.2, 0.25) is 0 Å². The third-order valence-corrected chi connectivity index (χ3v) is 3.89. The van der Waals surface area contributed by atoms with Gasteiger partial charge >= 0.3 is 0 Å². The summed E-state index contributed by atoms with van der Waals surface area (Å²) in [6.45, 7) is 3.60. The molecule has 2 aromatic carbocycles. The third kappa shape index (κ3) is 3.88. The number of carbonyl (C=O) groups excluding carboxylic acids is 1. The van der Waals surface area contributed by atoms with Crippen LogP contribution in [0.4, 0.5) is 5.69 Å². The van der Waals surface area contributed by atoms with E-state index in [0.717, 1.165) is 31.7 Å². The molecule has 0 saturated carbocycles. The second-order valence-corrected chi connectivity index (χ2v) is 5.43. The van der Waals surface area contributed by atoms with Crippen molar-refractivity contribution in [2.45, 2.75) is 0 Å². The molecule has 0 aliphatic carbocycles. The SMILES string of the molecule is O=C([O-])c1ccc(/C=N\N2CCN(c3ccccc3)CC2)cc1. The third-order valence-electron chi connectivity index (χ3n) is 3.89. The van der Waals surface area contributed by atoms with E-state index < -0.39 is 5.97 Å². The molecule has 0 aromatic heterocycles. The van der Waals surface area contributed by atoms with Crippen LogP contribution in [0.3, 0.4) is 0 Å². The molecular formula is C18H18N3O2-. The number of hydrogen-bond donors (Lipinski definition) is 0. The fourth-order valence-electron chi connectivity index (χ4n) is 2.56. The van der Waals surface area contributed by atoms with Crippen LogP contribution in [-0.4, -0.2) is 43.4 Å². The predicted octanol–water partition coefficient (Wildman–Crippen LogP) is 1.21. The van der Waals surface area contributed by atoms with Crippen molar-refractivity contribution in [3.05, 3.63) is 65.7 Å². The summed E-state index contributed by atoms with van der Waals surface area (Å²) >= 11 is 0. The first kappa shape index (κ1) is 15.1. The zero-order chi connectivity index (χ0) is 16.1. The van der Waals surface area contributed by atoms with E-state index in [-0.39, 0.29) is 5.56 Å². The number of piperazine rings is 1. The first-order chi connectivity index (χ1) is 11.2. The van der Waals surface area contributed by atoms with Crippen LogP contribution in [0.5, 0.6) is 0 Å². The Balaban J connectivity index is 1.55. The molecule has 0 radical (unpaired) electrons. The fourth-order valence-corrected chi connectivity index (χ4v) is 2.56. The number of hydrogen-bond acceptors (Lipinski definition) is 5. The Bertz CT molecular complexity index is 675. The van der Waals surface area contributed by atoms with Crippen LogP contribution >= 0.6 is 0 Å². The molecular weight excluding hydrogens is 290 g/mol. The Hall–Kier alpha value is -2.82. The van der Waals surface area contributed by atoms with Gasteiger partial charge in [0.15, 0.2) is 0 Å². The molecule has 1 heterocycles. The minimum Gasteiger partial charge on any atom is -0.545 e. The smallest absolute Gasteiger partial charge is 0.0715 e. The van der Waals surface area contributed by atoms with Crippen molar-refractivity contribution in [1.29, 1.82) is 0 Å². The normalized spacial score (nSPS) is 15.1. The highest BCUT2D eigenvalue weighted by Crippen LogP contribution is 2.15. The Kier molecular flexibility index (Phi) is 4.57. The minimum atomic E-state index is -1.16. The van der Waals surface area contributed by atoms with Gasteiger partial charge in [-0.25, -0.2) is 0 Å². The van der Waals surface area contributed by atoms with Crippen LogP contribution in [0.25, 0.3) is 0 Å². The predicted molar refractivity (Wildman–Crippen MR) is 88.6 cm³/mol. The summed E-state index contributed by atoms with van der Waals surface area (Å²) in [7, 11) is 0. The highest BCUT2D eigenvalue weighted by atomic mass is 16.4. The lowest BCUT2D eigenvalue weighted by atomic mass is 10.1. The largest absolute Gasteiger partial charge is 0.545 e. The molecule has 1 saturated heterocycles. The standard InChI is InChI=1S/C18H19N3O2/c22-18(23)16-8-6-15(7-9-16)14-19-21-12-10-20(11-13-21)17-4-2-1-3-5-17/h1-9,14H,10-13H2,(H,22,23)/p-1/b19-14-. The Morgan fingerprint density at radius 2 is 1.61 bits per heavy atom. The number of anilines is 1. The van der Waals surface area contributed by atoms with E-state index in [1.54, 1.807) is 18.3 Å². The molecule has 1 aliphatic rings. The van der Waals surface area contributed by atoms with Gasteiger partial charge in [-0.1, -0.05) is 42.5 Å². The molecule has 1 aliphatic heterocycles. The Labute approximate surface area is 135 Å². The topological polar surface area (TPSA) is 59.0 Å². The molecule has 118 valence electrons. The maximum absolute atomic E-state index is 10.7. The van der Waals surface area contributed by atoms with Crippen molar-refractivity contribution in [3.8, 4) is 0 Å². The van der Waals surface area contributed by atoms with E-state index in [9.17, 15) is 9.90 Å². The first-order valence-corrected chi connectivity index (χ1v) is 7.63. The number of carboxylic acids is 1. The van der Waals surface area contributed by atoms with Crippen LogP contribution < -0.4 is 10.0 Å². The van der Waals surface area contributed by atoms with Crippen LogP contribution in [0.1, 0.15) is 15.9 Å². The first-order valence-electron chi connectivity index (χ1n) is 7.63. The number of aromatic carboxylic acids is 1. The van der Waals surface area contributed by atoms with Crippen molar-refractivity contribution in [2.75, 3.05) is 31.1 Å². The number of carboxylic acid groups (broad SMARTS) is 1. The van der Waals surface area contributed by atoms with Gasteiger partial charge in [-0.3, -0.25) is 5.01 Å². The molecule has 0 atom stereocenters. The summed E-state index contributed by atoms with van der Waals surface area (Å²) in [6, 6.07) is 16.9. The molecule has 5 heteroatoms. The summed E-state index contributed by atoms with van der Waals surface area (Å²) in [5.41, 5.74) is 2.30. The van der Waals surface area contributed by atoms with Gasteiger partial charge in [0.05, 0.1) is 25.3 Å². The summed E-state index contributed by atoms with van der Waals surface area (Å²) < 4.78 is 0. The molecule has 3 rings (SSSR count). The number of hydrazone groups is 1. The maximum atomic E-state index is 10.7. The van der Waals surface area contributed by atoms with Gasteiger partial charge in [0.2, 0.25) is 0 Å². The average Bonchev–Trinajstić information content (AvgIpc) is 2.61. The van der Waals surface area contributed by atoms with E-state index in [0.29, 0.717) is 0 Å². The van der Waals surface area contributed by atoms with E-state index in [4.69, 9.17) is 0 Å². The number of para-hydroxylation sites is 1. The monoisotopic (exact) mass is 308 g/mol.